The van der Waals surface area contributed by atoms with E-state index in [2.05, 4.69) is 26.8 Å². The van der Waals surface area contributed by atoms with Gasteiger partial charge in [0, 0.05) is 19.7 Å². The lowest BCUT2D eigenvalue weighted by Crippen LogP contribution is -2.20. The molecule has 0 saturated carbocycles. The number of carbonyl (C=O) groups excluding carboxylic acids is 1. The lowest BCUT2D eigenvalue weighted by molar-refractivity contribution is 0.0832. The van der Waals surface area contributed by atoms with Crippen molar-refractivity contribution in [3.63, 3.8) is 0 Å². The third-order valence-electron chi connectivity index (χ3n) is 5.08. The Morgan fingerprint density at radius 3 is 2.44 bits per heavy atom. The van der Waals surface area contributed by atoms with Crippen LogP contribution in [-0.4, -0.2) is 39.5 Å². The van der Waals surface area contributed by atoms with Gasteiger partial charge in [0.25, 0.3) is 5.91 Å². The molecule has 6 heteroatoms. The number of aromatic nitrogens is 3. The van der Waals surface area contributed by atoms with E-state index in [0.717, 1.165) is 50.9 Å². The van der Waals surface area contributed by atoms with Gasteiger partial charge in [-0.1, -0.05) is 13.8 Å². The average molecular weight is 385 g/mol. The quantitative estimate of drug-likeness (QED) is 0.623. The summed E-state index contributed by atoms with van der Waals surface area (Å²) in [6, 6.07) is 4.14. The van der Waals surface area contributed by atoms with Crippen LogP contribution in [0.2, 0.25) is 0 Å². The third kappa shape index (κ3) is 3.38. The van der Waals surface area contributed by atoms with Crippen molar-refractivity contribution in [2.45, 2.75) is 53.4 Å². The average Bonchev–Trinajstić information content (AvgIpc) is 3.14. The van der Waals surface area contributed by atoms with Crippen molar-refractivity contribution in [1.82, 2.24) is 19.5 Å². The lowest BCUT2D eigenvalue weighted by Gasteiger charge is -2.14. The highest BCUT2D eigenvalue weighted by Crippen LogP contribution is 2.37. The first-order chi connectivity index (χ1) is 12.8. The molecular formula is C21H28N4OS. The van der Waals surface area contributed by atoms with Gasteiger partial charge in [0.15, 0.2) is 5.65 Å². The first-order valence-corrected chi connectivity index (χ1v) is 10.3. The van der Waals surface area contributed by atoms with Gasteiger partial charge in [0.1, 0.15) is 5.69 Å². The number of nitrogens with zero attached hydrogens (tertiary/aromatic N) is 4. The molecule has 0 saturated heterocycles. The second-order valence-corrected chi connectivity index (χ2v) is 8.41. The first kappa shape index (κ1) is 19.5. The Kier molecular flexibility index (Phi) is 5.38. The number of hydrogen-bond donors (Lipinski definition) is 0. The van der Waals surface area contributed by atoms with E-state index >= 15 is 0 Å². The highest BCUT2D eigenvalue weighted by Gasteiger charge is 2.23. The predicted octanol–water partition coefficient (Wildman–Crippen LogP) is 4.99. The Hall–Kier alpha value is -2.21. The fourth-order valence-corrected chi connectivity index (χ4v) is 4.89. The number of aryl methyl sites for hydroxylation is 3. The summed E-state index contributed by atoms with van der Waals surface area (Å²) in [5, 5.41) is 4.78. The summed E-state index contributed by atoms with van der Waals surface area (Å²) in [5.74, 6) is 0.502. The minimum Gasteiger partial charge on any atom is -0.344 e. The number of fused-ring (bicyclic) bond motifs is 1. The summed E-state index contributed by atoms with van der Waals surface area (Å²) in [4.78, 5) is 20.7. The molecule has 0 atom stereocenters. The molecule has 0 aromatic carbocycles. The second-order valence-electron chi connectivity index (χ2n) is 7.36. The number of thiophene rings is 1. The fraction of sp³-hybridized carbons (Fsp3) is 0.476. The van der Waals surface area contributed by atoms with Crippen molar-refractivity contribution >= 4 is 22.9 Å². The maximum Gasteiger partial charge on any atom is 0.263 e. The van der Waals surface area contributed by atoms with Crippen LogP contribution in [0.25, 0.3) is 16.2 Å². The van der Waals surface area contributed by atoms with Gasteiger partial charge in [0.05, 0.1) is 21.1 Å². The number of hydrogen-bond acceptors (Lipinski definition) is 4. The monoisotopic (exact) mass is 384 g/mol. The molecule has 0 aliphatic carbocycles. The minimum absolute atomic E-state index is 0.0303. The van der Waals surface area contributed by atoms with Crippen molar-refractivity contribution in [2.24, 2.45) is 0 Å². The molecule has 0 radical (unpaired) electrons. The van der Waals surface area contributed by atoms with Gasteiger partial charge in [-0.3, -0.25) is 4.79 Å². The van der Waals surface area contributed by atoms with Crippen molar-refractivity contribution in [1.29, 1.82) is 0 Å². The van der Waals surface area contributed by atoms with Crippen LogP contribution in [0.1, 0.15) is 64.8 Å². The highest BCUT2D eigenvalue weighted by atomic mass is 32.1. The zero-order valence-corrected chi connectivity index (χ0v) is 18.1. The van der Waals surface area contributed by atoms with E-state index in [1.54, 1.807) is 19.0 Å². The maximum atomic E-state index is 12.4. The molecule has 3 aromatic heterocycles. The van der Waals surface area contributed by atoms with Gasteiger partial charge in [-0.25, -0.2) is 9.50 Å². The van der Waals surface area contributed by atoms with Gasteiger partial charge in [-0.2, -0.15) is 5.10 Å². The Balaban J connectivity index is 2.25. The van der Waals surface area contributed by atoms with Crippen molar-refractivity contribution < 1.29 is 4.79 Å². The van der Waals surface area contributed by atoms with Crippen LogP contribution in [-0.2, 0) is 0 Å². The normalized spacial score (nSPS) is 11.6. The van der Waals surface area contributed by atoms with Crippen molar-refractivity contribution in [3.8, 4) is 10.6 Å². The van der Waals surface area contributed by atoms with Crippen molar-refractivity contribution in [3.05, 3.63) is 39.5 Å². The van der Waals surface area contributed by atoms with E-state index in [1.165, 1.54) is 16.9 Å². The van der Waals surface area contributed by atoms with Crippen LogP contribution in [0.5, 0.6) is 0 Å². The largest absolute Gasteiger partial charge is 0.344 e. The van der Waals surface area contributed by atoms with Gasteiger partial charge < -0.3 is 4.90 Å². The zero-order chi connectivity index (χ0) is 19.9. The molecule has 3 aromatic rings. The molecule has 0 bridgehead atoms. The summed E-state index contributed by atoms with van der Waals surface area (Å²) in [7, 11) is 3.56. The molecule has 0 unspecified atom stereocenters. The maximum absolute atomic E-state index is 12.4. The van der Waals surface area contributed by atoms with Gasteiger partial charge >= 0.3 is 0 Å². The number of imidazole rings is 1. The Bertz CT molecular complexity index is 995. The SMILES string of the molecule is CCC(CC)c1cc(C)nn2c(-c3sc(C(=O)N(C)C)cc3C)c(C)nc12. The summed E-state index contributed by atoms with van der Waals surface area (Å²) in [5.41, 5.74) is 6.23. The Labute approximate surface area is 165 Å². The van der Waals surface area contributed by atoms with E-state index in [-0.39, 0.29) is 5.91 Å². The van der Waals surface area contributed by atoms with Crippen LogP contribution in [0, 0.1) is 20.8 Å². The highest BCUT2D eigenvalue weighted by molar-refractivity contribution is 7.17. The summed E-state index contributed by atoms with van der Waals surface area (Å²) in [6.07, 6.45) is 2.16. The molecule has 0 aliphatic rings. The number of rotatable bonds is 5. The molecule has 3 heterocycles. The van der Waals surface area contributed by atoms with E-state index in [9.17, 15) is 4.79 Å². The van der Waals surface area contributed by atoms with Crippen LogP contribution in [0.3, 0.4) is 0 Å². The van der Waals surface area contributed by atoms with E-state index in [4.69, 9.17) is 10.1 Å². The summed E-state index contributed by atoms with van der Waals surface area (Å²) in [6.45, 7) is 10.6. The molecule has 27 heavy (non-hydrogen) atoms. The second kappa shape index (κ2) is 7.43. The third-order valence-corrected chi connectivity index (χ3v) is 6.32. The molecule has 5 nitrogen and oxygen atoms in total. The predicted molar refractivity (Wildman–Crippen MR) is 112 cm³/mol. The lowest BCUT2D eigenvalue weighted by atomic mass is 9.95. The number of amides is 1. The molecule has 144 valence electrons. The van der Waals surface area contributed by atoms with Crippen LogP contribution in [0.4, 0.5) is 0 Å². The molecule has 0 aliphatic heterocycles. The molecular weight excluding hydrogens is 356 g/mol. The topological polar surface area (TPSA) is 50.5 Å². The van der Waals surface area contributed by atoms with Gasteiger partial charge in [-0.05, 0) is 57.2 Å². The van der Waals surface area contributed by atoms with Gasteiger partial charge in [0.2, 0.25) is 0 Å². The standard InChI is InChI=1S/C21H28N4OS/c1-8-15(9-2)16-11-13(4)23-25-18(14(5)22-20(16)25)19-12(3)10-17(27-19)21(26)24(6)7/h10-11,15H,8-9H2,1-7H3. The van der Waals surface area contributed by atoms with Gasteiger partial charge in [-0.15, -0.1) is 11.3 Å². The fourth-order valence-electron chi connectivity index (χ4n) is 3.61. The summed E-state index contributed by atoms with van der Waals surface area (Å²) < 4.78 is 1.99. The Morgan fingerprint density at radius 1 is 1.19 bits per heavy atom. The van der Waals surface area contributed by atoms with E-state index < -0.39 is 0 Å². The Morgan fingerprint density at radius 2 is 1.85 bits per heavy atom. The molecule has 0 fully saturated rings. The number of carbonyl (C=O) groups is 1. The minimum atomic E-state index is 0.0303. The molecule has 1 amide bonds. The molecule has 0 N–H and O–H groups in total. The van der Waals surface area contributed by atoms with E-state index in [0.29, 0.717) is 5.92 Å². The van der Waals surface area contributed by atoms with Crippen LogP contribution < -0.4 is 0 Å². The van der Waals surface area contributed by atoms with Crippen LogP contribution >= 0.6 is 11.3 Å². The summed E-state index contributed by atoms with van der Waals surface area (Å²) >= 11 is 1.52. The molecule has 3 rings (SSSR count). The van der Waals surface area contributed by atoms with Crippen molar-refractivity contribution in [2.75, 3.05) is 14.1 Å². The van der Waals surface area contributed by atoms with Crippen LogP contribution in [0.15, 0.2) is 12.1 Å². The smallest absolute Gasteiger partial charge is 0.263 e. The van der Waals surface area contributed by atoms with E-state index in [1.807, 2.05) is 24.4 Å². The first-order valence-electron chi connectivity index (χ1n) is 9.47. The zero-order valence-electron chi connectivity index (χ0n) is 17.3. The molecule has 0 spiro atoms.